The van der Waals surface area contributed by atoms with E-state index in [1.54, 1.807) is 36.4 Å². The minimum Gasteiger partial charge on any atom is -0.493 e. The van der Waals surface area contributed by atoms with E-state index in [2.05, 4.69) is 20.1 Å². The lowest BCUT2D eigenvalue weighted by Gasteiger charge is -2.15. The van der Waals surface area contributed by atoms with Gasteiger partial charge in [-0.2, -0.15) is 0 Å². The first-order valence-electron chi connectivity index (χ1n) is 10.2. The van der Waals surface area contributed by atoms with Crippen LogP contribution in [0.4, 0.5) is 5.69 Å². The summed E-state index contributed by atoms with van der Waals surface area (Å²) in [7, 11) is -1.65. The van der Waals surface area contributed by atoms with E-state index in [4.69, 9.17) is 32.7 Å². The van der Waals surface area contributed by atoms with E-state index in [1.807, 2.05) is 4.89 Å². The maximum atomic E-state index is 13.4. The molecule has 186 valence electrons. The van der Waals surface area contributed by atoms with E-state index >= 15 is 0 Å². The number of fused-ring (bicyclic) bond motifs is 1. The van der Waals surface area contributed by atoms with Crippen LogP contribution < -0.4 is 19.7 Å². The Hall–Kier alpha value is -3.48. The minimum atomic E-state index is -4.22. The van der Waals surface area contributed by atoms with Crippen molar-refractivity contribution in [2.75, 3.05) is 19.5 Å². The van der Waals surface area contributed by atoms with E-state index in [-0.39, 0.29) is 28.0 Å². The number of anilines is 1. The average molecular weight is 549 g/mol. The Morgan fingerprint density at radius 1 is 0.917 bits per heavy atom. The Morgan fingerprint density at radius 2 is 1.64 bits per heavy atom. The molecule has 0 aliphatic rings. The van der Waals surface area contributed by atoms with Gasteiger partial charge in [-0.15, -0.1) is 0 Å². The molecule has 4 rings (SSSR count). The second-order valence-electron chi connectivity index (χ2n) is 7.12. The summed E-state index contributed by atoms with van der Waals surface area (Å²) in [6, 6.07) is 15.7. The smallest absolute Gasteiger partial charge is 0.279 e. The lowest BCUT2D eigenvalue weighted by atomic mass is 10.2. The van der Waals surface area contributed by atoms with Crippen molar-refractivity contribution < 1.29 is 27.5 Å². The van der Waals surface area contributed by atoms with Crippen molar-refractivity contribution in [2.45, 2.75) is 4.90 Å². The van der Waals surface area contributed by atoms with Crippen molar-refractivity contribution in [3.63, 3.8) is 0 Å². The van der Waals surface area contributed by atoms with Gasteiger partial charge < -0.3 is 14.8 Å². The van der Waals surface area contributed by atoms with Gasteiger partial charge in [0.1, 0.15) is 4.90 Å². The summed E-state index contributed by atoms with van der Waals surface area (Å²) in [5.41, 5.74) is 0.557. The summed E-state index contributed by atoms with van der Waals surface area (Å²) in [5.74, 6) is -0.408. The second kappa shape index (κ2) is 10.6. The van der Waals surface area contributed by atoms with Crippen LogP contribution in [-0.2, 0) is 14.9 Å². The van der Waals surface area contributed by atoms with Gasteiger partial charge in [-0.3, -0.25) is 9.63 Å². The quantitative estimate of drug-likeness (QED) is 0.299. The summed E-state index contributed by atoms with van der Waals surface area (Å²) in [5, 5.41) is 2.81. The number of amides is 1. The van der Waals surface area contributed by atoms with Crippen LogP contribution in [-0.4, -0.2) is 38.5 Å². The summed E-state index contributed by atoms with van der Waals surface area (Å²) in [4.78, 5) is 28.3. The monoisotopic (exact) mass is 548 g/mol. The summed E-state index contributed by atoms with van der Waals surface area (Å²) >= 11 is 12.2. The van der Waals surface area contributed by atoms with E-state index < -0.39 is 20.8 Å². The third-order valence-electron chi connectivity index (χ3n) is 4.76. The topological polar surface area (TPSA) is 129 Å². The predicted molar refractivity (Wildman–Crippen MR) is 134 cm³/mol. The van der Waals surface area contributed by atoms with Gasteiger partial charge in [0.25, 0.3) is 21.8 Å². The number of methoxy groups -OCH3 is 1. The molecule has 10 nitrogen and oxygen atoms in total. The maximum absolute atomic E-state index is 13.4. The Bertz CT molecular complexity index is 1570. The zero-order chi connectivity index (χ0) is 25.9. The molecule has 0 bridgehead atoms. The number of ether oxygens (including phenoxy) is 2. The third kappa shape index (κ3) is 5.35. The highest BCUT2D eigenvalue weighted by Gasteiger charge is 2.26. The van der Waals surface area contributed by atoms with Gasteiger partial charge in [-0.25, -0.2) is 18.4 Å². The van der Waals surface area contributed by atoms with Crippen LogP contribution in [0.15, 0.2) is 65.6 Å². The largest absolute Gasteiger partial charge is 0.493 e. The zero-order valence-corrected chi connectivity index (χ0v) is 21.1. The molecule has 0 aliphatic carbocycles. The fourth-order valence-corrected chi connectivity index (χ4v) is 4.92. The molecule has 3 aromatic carbocycles. The normalized spacial score (nSPS) is 11.3. The summed E-state index contributed by atoms with van der Waals surface area (Å²) in [6.45, 7) is 0. The highest BCUT2D eigenvalue weighted by Crippen LogP contribution is 2.35. The van der Waals surface area contributed by atoms with E-state index in [0.29, 0.717) is 21.8 Å². The molecule has 0 unspecified atom stereocenters. The number of aromatic nitrogens is 2. The number of hydrogen-bond acceptors (Lipinski definition) is 8. The molecule has 1 heterocycles. The van der Waals surface area contributed by atoms with Gasteiger partial charge in [0.05, 0.1) is 36.0 Å². The number of hydrogen-bond donors (Lipinski definition) is 2. The maximum Gasteiger partial charge on any atom is 0.279 e. The molecule has 0 radical (unpaired) electrons. The van der Waals surface area contributed by atoms with Gasteiger partial charge in [0.2, 0.25) is 0 Å². The van der Waals surface area contributed by atoms with Gasteiger partial charge >= 0.3 is 0 Å². The van der Waals surface area contributed by atoms with Crippen molar-refractivity contribution >= 4 is 55.9 Å². The molecule has 36 heavy (non-hydrogen) atoms. The standard InChI is InChI=1S/C23H18Cl2N4O6S/c1-33-19-12-13(24)10-11-18(19)35-23-20(26-15-7-3-4-8-16(15)28-23)22(30)27-17-9-5-6-14(25)21(17)36(31,32)29-34-2/h3-12,29H,1-2H3,(H,27,30). The molecule has 0 fully saturated rings. The van der Waals surface area contributed by atoms with E-state index in [1.165, 1.54) is 31.4 Å². The van der Waals surface area contributed by atoms with Gasteiger partial charge in [0, 0.05) is 11.1 Å². The molecule has 0 atom stereocenters. The van der Waals surface area contributed by atoms with Gasteiger partial charge in [-0.05, 0) is 36.4 Å². The van der Waals surface area contributed by atoms with E-state index in [9.17, 15) is 13.2 Å². The molecule has 0 saturated heterocycles. The second-order valence-corrected chi connectivity index (χ2v) is 9.55. The number of sulfonamides is 1. The zero-order valence-electron chi connectivity index (χ0n) is 18.8. The molecule has 0 spiro atoms. The van der Waals surface area contributed by atoms with Gasteiger partial charge in [0.15, 0.2) is 17.2 Å². The fraction of sp³-hybridized carbons (Fsp3) is 0.0870. The number of para-hydroxylation sites is 2. The first-order valence-corrected chi connectivity index (χ1v) is 12.4. The number of carbonyl (C=O) groups excluding carboxylic acids is 1. The Labute approximate surface area is 216 Å². The summed E-state index contributed by atoms with van der Waals surface area (Å²) in [6.07, 6.45) is 0. The number of halogens is 2. The Kier molecular flexibility index (Phi) is 7.57. The molecular weight excluding hydrogens is 531 g/mol. The van der Waals surface area contributed by atoms with E-state index in [0.717, 1.165) is 7.11 Å². The minimum absolute atomic E-state index is 0.109. The van der Waals surface area contributed by atoms with Crippen LogP contribution in [0.3, 0.4) is 0 Å². The molecular formula is C23H18Cl2N4O6S. The molecule has 2 N–H and O–H groups in total. The van der Waals surface area contributed by atoms with Crippen LogP contribution in [0, 0.1) is 0 Å². The number of benzene rings is 3. The summed E-state index contributed by atoms with van der Waals surface area (Å²) < 4.78 is 36.5. The predicted octanol–water partition coefficient (Wildman–Crippen LogP) is 4.83. The molecule has 1 aromatic heterocycles. The van der Waals surface area contributed by atoms with Crippen LogP contribution in [0.5, 0.6) is 17.4 Å². The Morgan fingerprint density at radius 3 is 2.33 bits per heavy atom. The highest BCUT2D eigenvalue weighted by molar-refractivity contribution is 7.89. The average Bonchev–Trinajstić information content (AvgIpc) is 2.84. The lowest BCUT2D eigenvalue weighted by molar-refractivity contribution is 0.101. The number of nitrogens with zero attached hydrogens (tertiary/aromatic N) is 2. The molecule has 0 saturated carbocycles. The van der Waals surface area contributed by atoms with Crippen molar-refractivity contribution in [1.29, 1.82) is 0 Å². The van der Waals surface area contributed by atoms with Crippen molar-refractivity contribution in [1.82, 2.24) is 14.9 Å². The van der Waals surface area contributed by atoms with Crippen LogP contribution in [0.2, 0.25) is 10.0 Å². The number of rotatable bonds is 8. The van der Waals surface area contributed by atoms with Crippen molar-refractivity contribution in [2.24, 2.45) is 0 Å². The van der Waals surface area contributed by atoms with Crippen molar-refractivity contribution in [3.8, 4) is 17.4 Å². The molecule has 4 aromatic rings. The molecule has 13 heteroatoms. The first-order chi connectivity index (χ1) is 17.2. The van der Waals surface area contributed by atoms with Crippen LogP contribution >= 0.6 is 23.2 Å². The third-order valence-corrected chi connectivity index (χ3v) is 6.79. The SMILES string of the molecule is CONS(=O)(=O)c1c(Cl)cccc1NC(=O)c1nc2ccccc2nc1Oc1ccc(Cl)cc1OC. The lowest BCUT2D eigenvalue weighted by Crippen LogP contribution is -2.25. The van der Waals surface area contributed by atoms with Crippen molar-refractivity contribution in [3.05, 3.63) is 76.4 Å². The number of carbonyl (C=O) groups is 1. The highest BCUT2D eigenvalue weighted by atomic mass is 35.5. The van der Waals surface area contributed by atoms with Gasteiger partial charge in [-0.1, -0.05) is 46.3 Å². The fourth-order valence-electron chi connectivity index (χ4n) is 3.25. The molecule has 1 amide bonds. The Balaban J connectivity index is 1.80. The number of nitrogens with one attached hydrogen (secondary N) is 2. The van der Waals surface area contributed by atoms with Crippen LogP contribution in [0.1, 0.15) is 10.5 Å². The van der Waals surface area contributed by atoms with Crippen LogP contribution in [0.25, 0.3) is 11.0 Å². The molecule has 0 aliphatic heterocycles. The first kappa shape index (κ1) is 25.6.